The number of amides is 1. The van der Waals surface area contributed by atoms with E-state index in [2.05, 4.69) is 9.98 Å². The van der Waals surface area contributed by atoms with E-state index in [-0.39, 0.29) is 51.3 Å². The number of primary sulfonamides is 1. The average molecular weight is 580 g/mol. The molecule has 1 amide bonds. The Morgan fingerprint density at radius 3 is 2.59 bits per heavy atom. The number of nitrogens with zero attached hydrogens (tertiary/aromatic N) is 4. The highest BCUT2D eigenvalue weighted by Gasteiger charge is 2.26. The molecule has 12 nitrogen and oxygen atoms in total. The van der Waals surface area contributed by atoms with Crippen molar-refractivity contribution in [2.75, 3.05) is 39.5 Å². The third-order valence-electron chi connectivity index (χ3n) is 6.15. The number of carbonyl (C=O) groups is 1. The SMILES string of the molecule is CN(C)C/C=C/C(=O)N1CCC(N=C(N)c2c(Oc3ccc(Oc4ccccc4)cc3S(N)(=O)=O)ccnc2N)C1. The van der Waals surface area contributed by atoms with E-state index in [1.165, 1.54) is 24.4 Å². The molecule has 2 aromatic carbocycles. The Hall–Kier alpha value is -4.46. The van der Waals surface area contributed by atoms with Gasteiger partial charge < -0.3 is 30.7 Å². The van der Waals surface area contributed by atoms with Crippen LogP contribution in [-0.2, 0) is 14.8 Å². The van der Waals surface area contributed by atoms with Gasteiger partial charge in [0.2, 0.25) is 15.9 Å². The molecule has 3 aromatic rings. The molecule has 41 heavy (non-hydrogen) atoms. The van der Waals surface area contributed by atoms with Crippen LogP contribution in [0.2, 0.25) is 0 Å². The lowest BCUT2D eigenvalue weighted by atomic mass is 10.2. The number of nitrogens with two attached hydrogens (primary N) is 3. The second-order valence-corrected chi connectivity index (χ2v) is 11.2. The lowest BCUT2D eigenvalue weighted by Gasteiger charge is -2.16. The van der Waals surface area contributed by atoms with Gasteiger partial charge in [-0.25, -0.2) is 18.5 Å². The molecular formula is C28H33N7O5S. The molecule has 4 rings (SSSR count). The summed E-state index contributed by atoms with van der Waals surface area (Å²) >= 11 is 0. The fourth-order valence-corrected chi connectivity index (χ4v) is 4.85. The molecule has 1 aromatic heterocycles. The molecule has 0 spiro atoms. The minimum absolute atomic E-state index is 0.0440. The number of sulfonamides is 1. The molecule has 1 aliphatic heterocycles. The molecule has 1 unspecified atom stereocenters. The van der Waals surface area contributed by atoms with E-state index >= 15 is 0 Å². The van der Waals surface area contributed by atoms with Gasteiger partial charge in [0.1, 0.15) is 45.1 Å². The summed E-state index contributed by atoms with van der Waals surface area (Å²) in [5.74, 6) is 0.846. The van der Waals surface area contributed by atoms with Crippen LogP contribution in [0, 0.1) is 0 Å². The molecule has 0 radical (unpaired) electrons. The smallest absolute Gasteiger partial charge is 0.246 e. The third-order valence-corrected chi connectivity index (χ3v) is 7.08. The molecule has 1 fully saturated rings. The van der Waals surface area contributed by atoms with Crippen LogP contribution in [0.5, 0.6) is 23.0 Å². The molecule has 6 N–H and O–H groups in total. The lowest BCUT2D eigenvalue weighted by molar-refractivity contribution is -0.125. The summed E-state index contributed by atoms with van der Waals surface area (Å²) in [6, 6.07) is 14.4. The fourth-order valence-electron chi connectivity index (χ4n) is 4.18. The maximum atomic E-state index is 12.5. The van der Waals surface area contributed by atoms with Crippen molar-refractivity contribution in [2.24, 2.45) is 15.9 Å². The van der Waals surface area contributed by atoms with Gasteiger partial charge in [-0.3, -0.25) is 9.79 Å². The number of likely N-dealkylation sites (tertiary alicyclic amines) is 1. The summed E-state index contributed by atoms with van der Waals surface area (Å²) in [5.41, 5.74) is 12.7. The first-order chi connectivity index (χ1) is 19.5. The Balaban J connectivity index is 1.57. The molecule has 13 heteroatoms. The second kappa shape index (κ2) is 12.8. The third kappa shape index (κ3) is 7.81. The molecule has 0 bridgehead atoms. The van der Waals surface area contributed by atoms with Crippen molar-refractivity contribution in [3.63, 3.8) is 0 Å². The predicted octanol–water partition coefficient (Wildman–Crippen LogP) is 2.32. The largest absolute Gasteiger partial charge is 0.457 e. The number of anilines is 1. The monoisotopic (exact) mass is 579 g/mol. The minimum atomic E-state index is -4.22. The number of aliphatic imine (C=N–C) groups is 1. The van der Waals surface area contributed by atoms with E-state index < -0.39 is 10.0 Å². The van der Waals surface area contributed by atoms with E-state index in [0.717, 1.165) is 0 Å². The number of hydrogen-bond acceptors (Lipinski definition) is 9. The van der Waals surface area contributed by atoms with Gasteiger partial charge in [0, 0.05) is 44.0 Å². The number of pyridine rings is 1. The predicted molar refractivity (Wildman–Crippen MR) is 156 cm³/mol. The Kier molecular flexibility index (Phi) is 9.22. The zero-order chi connectivity index (χ0) is 29.6. The fraction of sp³-hybridized carbons (Fsp3) is 0.250. The van der Waals surface area contributed by atoms with Gasteiger partial charge in [-0.2, -0.15) is 0 Å². The standard InChI is InChI=1S/C28H33N7O5S/c1-34(2)15-6-9-25(36)35-16-13-19(18-35)33-28(30)26-23(12-14-32-27(26)29)40-22-11-10-21(17-24(22)41(31,37)38)39-20-7-4-3-5-8-20/h3-12,14,17,19H,13,15-16,18H2,1-2H3,(H2,29,32)(H2,30,33)(H2,31,37,38)/b9-6+. The molecule has 2 heterocycles. The topological polar surface area (TPSA) is 179 Å². The maximum absolute atomic E-state index is 12.5. The number of likely N-dealkylation sites (N-methyl/N-ethyl adjacent to an activating group) is 1. The summed E-state index contributed by atoms with van der Waals surface area (Å²) in [5, 5.41) is 5.50. The molecule has 1 aliphatic rings. The van der Waals surface area contributed by atoms with Crippen molar-refractivity contribution < 1.29 is 22.7 Å². The van der Waals surface area contributed by atoms with E-state index in [4.69, 9.17) is 26.1 Å². The van der Waals surface area contributed by atoms with Crippen LogP contribution in [0.25, 0.3) is 0 Å². The summed E-state index contributed by atoms with van der Waals surface area (Å²) in [4.78, 5) is 24.5. The number of rotatable bonds is 10. The van der Waals surface area contributed by atoms with Crippen LogP contribution in [-0.4, -0.2) is 74.7 Å². The van der Waals surface area contributed by atoms with Crippen LogP contribution in [0.1, 0.15) is 12.0 Å². The van der Waals surface area contributed by atoms with E-state index in [1.54, 1.807) is 41.3 Å². The molecule has 1 saturated heterocycles. The normalized spacial score (nSPS) is 16.0. The van der Waals surface area contributed by atoms with Crippen molar-refractivity contribution in [2.45, 2.75) is 17.4 Å². The summed E-state index contributed by atoms with van der Waals surface area (Å²) < 4.78 is 36.7. The quantitative estimate of drug-likeness (QED) is 0.185. The van der Waals surface area contributed by atoms with Crippen molar-refractivity contribution >= 4 is 27.6 Å². The number of ether oxygens (including phenoxy) is 2. The van der Waals surface area contributed by atoms with Crippen molar-refractivity contribution in [1.82, 2.24) is 14.8 Å². The van der Waals surface area contributed by atoms with Crippen LogP contribution < -0.4 is 26.1 Å². The molecule has 1 atom stereocenters. The van der Waals surface area contributed by atoms with Crippen molar-refractivity contribution in [1.29, 1.82) is 0 Å². The molecular weight excluding hydrogens is 546 g/mol. The second-order valence-electron chi connectivity index (χ2n) is 9.65. The first kappa shape index (κ1) is 29.5. The highest BCUT2D eigenvalue weighted by atomic mass is 32.2. The Morgan fingerprint density at radius 2 is 1.88 bits per heavy atom. The van der Waals surface area contributed by atoms with E-state index in [0.29, 0.717) is 31.8 Å². The number of aromatic nitrogens is 1. The van der Waals surface area contributed by atoms with Gasteiger partial charge in [0.15, 0.2) is 0 Å². The van der Waals surface area contributed by atoms with Crippen LogP contribution in [0.15, 0.2) is 82.8 Å². The Bertz CT molecular complexity index is 1560. The highest BCUT2D eigenvalue weighted by Crippen LogP contribution is 2.35. The zero-order valence-electron chi connectivity index (χ0n) is 22.8. The van der Waals surface area contributed by atoms with Crippen molar-refractivity contribution in [3.05, 3.63) is 78.5 Å². The van der Waals surface area contributed by atoms with Gasteiger partial charge in [-0.1, -0.05) is 24.3 Å². The zero-order valence-corrected chi connectivity index (χ0v) is 23.6. The average Bonchev–Trinajstić information content (AvgIpc) is 3.38. The summed E-state index contributed by atoms with van der Waals surface area (Å²) in [7, 11) is -0.371. The van der Waals surface area contributed by atoms with E-state index in [1.807, 2.05) is 31.1 Å². The number of hydrogen-bond donors (Lipinski definition) is 3. The lowest BCUT2D eigenvalue weighted by Crippen LogP contribution is -2.28. The van der Waals surface area contributed by atoms with Gasteiger partial charge in [0.25, 0.3) is 0 Å². The van der Waals surface area contributed by atoms with Gasteiger partial charge in [-0.15, -0.1) is 0 Å². The molecule has 0 aliphatic carbocycles. The Morgan fingerprint density at radius 1 is 1.12 bits per heavy atom. The minimum Gasteiger partial charge on any atom is -0.457 e. The van der Waals surface area contributed by atoms with E-state index in [9.17, 15) is 13.2 Å². The number of nitrogen functional groups attached to an aromatic ring is 1. The highest BCUT2D eigenvalue weighted by molar-refractivity contribution is 7.89. The maximum Gasteiger partial charge on any atom is 0.246 e. The number of benzene rings is 2. The number of para-hydroxylation sites is 1. The van der Waals surface area contributed by atoms with Crippen LogP contribution >= 0.6 is 0 Å². The summed E-state index contributed by atoms with van der Waals surface area (Å²) in [6.07, 6.45) is 5.38. The van der Waals surface area contributed by atoms with Gasteiger partial charge in [-0.05, 0) is 44.8 Å². The molecule has 216 valence electrons. The molecule has 0 saturated carbocycles. The van der Waals surface area contributed by atoms with Gasteiger partial charge in [0.05, 0.1) is 6.04 Å². The van der Waals surface area contributed by atoms with Crippen LogP contribution in [0.3, 0.4) is 0 Å². The first-order valence-electron chi connectivity index (χ1n) is 12.8. The van der Waals surface area contributed by atoms with Crippen LogP contribution in [0.4, 0.5) is 5.82 Å². The van der Waals surface area contributed by atoms with Gasteiger partial charge >= 0.3 is 0 Å². The number of carbonyl (C=O) groups excluding carboxylic acids is 1. The Labute approximate surface area is 239 Å². The summed E-state index contributed by atoms with van der Waals surface area (Å²) in [6.45, 7) is 1.58. The number of amidine groups is 1. The van der Waals surface area contributed by atoms with Crippen molar-refractivity contribution in [3.8, 4) is 23.0 Å². The first-order valence-corrected chi connectivity index (χ1v) is 14.3.